The van der Waals surface area contributed by atoms with Crippen molar-refractivity contribution in [3.05, 3.63) is 71.8 Å². The summed E-state index contributed by atoms with van der Waals surface area (Å²) in [4.78, 5) is 67.2. The third kappa shape index (κ3) is 10.4. The largest absolute Gasteiger partial charge is 0.460 e. The molecule has 2 aromatic carbocycles. The molecule has 0 bridgehead atoms. The van der Waals surface area contributed by atoms with Crippen molar-refractivity contribution in [2.24, 2.45) is 17.6 Å². The fraction of sp³-hybridized carbons (Fsp3) is 0.514. The second-order valence-corrected chi connectivity index (χ2v) is 12.2. The van der Waals surface area contributed by atoms with Crippen LogP contribution in [0, 0.1) is 11.8 Å². The normalized spacial score (nSPS) is 22.9. The smallest absolute Gasteiger partial charge is 0.328 e. The van der Waals surface area contributed by atoms with Crippen molar-refractivity contribution >= 4 is 29.6 Å². The lowest BCUT2D eigenvalue weighted by atomic mass is 9.84. The molecule has 3 rings (SSSR count). The van der Waals surface area contributed by atoms with E-state index < -0.39 is 66.2 Å². The van der Waals surface area contributed by atoms with Crippen LogP contribution in [0.25, 0.3) is 0 Å². The number of cyclic esters (lactones) is 1. The van der Waals surface area contributed by atoms with E-state index in [1.807, 2.05) is 81.4 Å². The van der Waals surface area contributed by atoms with Gasteiger partial charge in [0.1, 0.15) is 24.2 Å². The molecule has 0 unspecified atom stereocenters. The van der Waals surface area contributed by atoms with Crippen LogP contribution in [-0.2, 0) is 28.7 Å². The van der Waals surface area contributed by atoms with Gasteiger partial charge < -0.3 is 26.4 Å². The molecule has 1 fully saturated rings. The number of nitrogens with one attached hydrogen (secondary N) is 3. The number of carbonyl (C=O) groups is 5. The number of rotatable bonds is 12. The molecule has 1 aliphatic rings. The summed E-state index contributed by atoms with van der Waals surface area (Å²) in [5.41, 5.74) is 7.02. The van der Waals surface area contributed by atoms with E-state index in [-0.39, 0.29) is 24.7 Å². The van der Waals surface area contributed by atoms with Gasteiger partial charge in [-0.1, -0.05) is 108 Å². The van der Waals surface area contributed by atoms with E-state index in [2.05, 4.69) is 22.9 Å². The molecular weight excluding hydrogens is 572 g/mol. The number of amides is 4. The zero-order chi connectivity index (χ0) is 32.9. The van der Waals surface area contributed by atoms with Crippen molar-refractivity contribution in [1.82, 2.24) is 16.0 Å². The summed E-state index contributed by atoms with van der Waals surface area (Å²) >= 11 is 0. The average Bonchev–Trinajstić information content (AvgIpc) is 3.02. The summed E-state index contributed by atoms with van der Waals surface area (Å²) < 4.78 is 6.00. The Bertz CT molecular complexity index is 1250. The molecule has 10 nitrogen and oxygen atoms in total. The highest BCUT2D eigenvalue weighted by molar-refractivity contribution is 5.96. The zero-order valence-corrected chi connectivity index (χ0v) is 26.8. The van der Waals surface area contributed by atoms with Crippen molar-refractivity contribution in [2.75, 3.05) is 0 Å². The Morgan fingerprint density at radius 3 is 1.98 bits per heavy atom. The molecule has 4 amide bonds. The van der Waals surface area contributed by atoms with E-state index in [0.29, 0.717) is 0 Å². The molecule has 1 saturated heterocycles. The van der Waals surface area contributed by atoms with Gasteiger partial charge in [-0.3, -0.25) is 19.2 Å². The van der Waals surface area contributed by atoms with E-state index in [1.165, 1.54) is 0 Å². The molecule has 1 aliphatic heterocycles. The number of esters is 1. The summed E-state index contributed by atoms with van der Waals surface area (Å²) in [6.45, 7) is 7.93. The molecule has 244 valence electrons. The Morgan fingerprint density at radius 1 is 0.867 bits per heavy atom. The van der Waals surface area contributed by atoms with Gasteiger partial charge in [0.25, 0.3) is 0 Å². The van der Waals surface area contributed by atoms with Crippen LogP contribution in [0.1, 0.15) is 89.7 Å². The maximum Gasteiger partial charge on any atom is 0.328 e. The minimum atomic E-state index is -1.38. The lowest BCUT2D eigenvalue weighted by molar-refractivity contribution is -0.157. The van der Waals surface area contributed by atoms with Crippen molar-refractivity contribution in [1.29, 1.82) is 0 Å². The van der Waals surface area contributed by atoms with Gasteiger partial charge in [-0.15, -0.1) is 0 Å². The first kappa shape index (κ1) is 35.3. The summed E-state index contributed by atoms with van der Waals surface area (Å²) in [5.74, 6) is -4.08. The fourth-order valence-electron chi connectivity index (χ4n) is 5.64. The summed E-state index contributed by atoms with van der Waals surface area (Å²) in [6.07, 6.45) is 2.14. The van der Waals surface area contributed by atoms with Crippen LogP contribution >= 0.6 is 0 Å². The lowest BCUT2D eigenvalue weighted by Crippen LogP contribution is -2.57. The number of ether oxygens (including phenoxy) is 1. The van der Waals surface area contributed by atoms with Gasteiger partial charge in [0, 0.05) is 5.92 Å². The maximum atomic E-state index is 14.2. The number of hydrogen-bond acceptors (Lipinski definition) is 6. The van der Waals surface area contributed by atoms with Crippen LogP contribution in [0.5, 0.6) is 0 Å². The Morgan fingerprint density at radius 2 is 1.44 bits per heavy atom. The van der Waals surface area contributed by atoms with Gasteiger partial charge in [-0.2, -0.15) is 0 Å². The third-order valence-corrected chi connectivity index (χ3v) is 8.53. The predicted octanol–water partition coefficient (Wildman–Crippen LogP) is 3.73. The molecule has 45 heavy (non-hydrogen) atoms. The second kappa shape index (κ2) is 17.3. The topological polar surface area (TPSA) is 157 Å². The average molecular weight is 621 g/mol. The van der Waals surface area contributed by atoms with Gasteiger partial charge in [0.15, 0.2) is 0 Å². The molecule has 6 atom stereocenters. The van der Waals surface area contributed by atoms with Gasteiger partial charge >= 0.3 is 5.97 Å². The SMILES string of the molecule is CCCC[C@H](C)[C@@H]1CC(=O)N[C@@H](C(c2ccccc2)c2ccccc2)C(=O)N[C@@H](CC(N)=O)C(=O)N[C@H](C[C@H](C)CC)C(=O)O1. The van der Waals surface area contributed by atoms with Gasteiger partial charge in [-0.25, -0.2) is 4.79 Å². The van der Waals surface area contributed by atoms with Gasteiger partial charge in [0.05, 0.1) is 12.8 Å². The molecule has 2 aromatic rings. The number of unbranched alkanes of at least 4 members (excludes halogenated alkanes) is 1. The fourth-order valence-corrected chi connectivity index (χ4v) is 5.64. The highest BCUT2D eigenvalue weighted by Gasteiger charge is 2.38. The van der Waals surface area contributed by atoms with E-state index in [1.54, 1.807) is 0 Å². The van der Waals surface area contributed by atoms with E-state index >= 15 is 0 Å². The number of nitrogens with two attached hydrogens (primary N) is 1. The van der Waals surface area contributed by atoms with Crippen LogP contribution in [0.2, 0.25) is 0 Å². The van der Waals surface area contributed by atoms with Crippen LogP contribution in [-0.4, -0.2) is 53.8 Å². The molecule has 10 heteroatoms. The first-order chi connectivity index (χ1) is 21.5. The third-order valence-electron chi connectivity index (χ3n) is 8.53. The quantitative estimate of drug-likeness (QED) is 0.265. The monoisotopic (exact) mass is 620 g/mol. The first-order valence-electron chi connectivity index (χ1n) is 16.0. The minimum Gasteiger partial charge on any atom is -0.460 e. The van der Waals surface area contributed by atoms with Crippen LogP contribution in [0.15, 0.2) is 60.7 Å². The standard InChI is InChI=1S/C35H48N4O6/c1-5-7-14-23(4)28-21-30(41)39-32(31(24-15-10-8-11-16-24)25-17-12-9-13-18-25)34(43)37-26(20-29(36)40)33(42)38-27(35(44)45-28)19-22(3)6-2/h8-13,15-18,22-23,26-28,31-32H,5-7,14,19-21H2,1-4H3,(H2,36,40)(H,37,43)(H,38,42)(H,39,41)/t22-,23+,26+,27-,28+,32+/m1/s1. The Kier molecular flexibility index (Phi) is 13.6. The lowest BCUT2D eigenvalue weighted by Gasteiger charge is -2.30. The second-order valence-electron chi connectivity index (χ2n) is 12.2. The summed E-state index contributed by atoms with van der Waals surface area (Å²) in [6, 6.07) is 14.9. The molecule has 0 aromatic heterocycles. The van der Waals surface area contributed by atoms with E-state index in [0.717, 1.165) is 36.8 Å². The number of hydrogen-bond donors (Lipinski definition) is 4. The predicted molar refractivity (Wildman–Crippen MR) is 172 cm³/mol. The highest BCUT2D eigenvalue weighted by atomic mass is 16.5. The minimum absolute atomic E-state index is 0.0591. The first-order valence-corrected chi connectivity index (χ1v) is 16.0. The summed E-state index contributed by atoms with van der Waals surface area (Å²) in [7, 11) is 0. The summed E-state index contributed by atoms with van der Waals surface area (Å²) in [5, 5.41) is 8.31. The Hall–Kier alpha value is -4.21. The van der Waals surface area contributed by atoms with Crippen LogP contribution in [0.4, 0.5) is 0 Å². The molecule has 0 saturated carbocycles. The zero-order valence-electron chi connectivity index (χ0n) is 26.8. The van der Waals surface area contributed by atoms with Gasteiger partial charge in [-0.05, 0) is 35.8 Å². The number of carbonyl (C=O) groups excluding carboxylic acids is 5. The van der Waals surface area contributed by atoms with Crippen molar-refractivity contribution in [2.45, 2.75) is 103 Å². The van der Waals surface area contributed by atoms with Crippen molar-refractivity contribution in [3.63, 3.8) is 0 Å². The number of primary amides is 1. The molecule has 0 spiro atoms. The van der Waals surface area contributed by atoms with Crippen molar-refractivity contribution < 1.29 is 28.7 Å². The van der Waals surface area contributed by atoms with Crippen LogP contribution in [0.3, 0.4) is 0 Å². The van der Waals surface area contributed by atoms with Crippen LogP contribution < -0.4 is 21.7 Å². The highest BCUT2D eigenvalue weighted by Crippen LogP contribution is 2.29. The Balaban J connectivity index is 2.12. The molecule has 0 aliphatic carbocycles. The van der Waals surface area contributed by atoms with Crippen molar-refractivity contribution in [3.8, 4) is 0 Å². The molecule has 5 N–H and O–H groups in total. The van der Waals surface area contributed by atoms with Gasteiger partial charge in [0.2, 0.25) is 23.6 Å². The Labute approximate surface area is 266 Å². The molecular formula is C35H48N4O6. The molecule has 0 radical (unpaired) electrons. The van der Waals surface area contributed by atoms with E-state index in [9.17, 15) is 24.0 Å². The maximum absolute atomic E-state index is 14.2. The number of benzene rings is 2. The molecule has 1 heterocycles. The van der Waals surface area contributed by atoms with E-state index in [4.69, 9.17) is 10.5 Å².